The molecule has 118 valence electrons. The fourth-order valence-electron chi connectivity index (χ4n) is 2.90. The van der Waals surface area contributed by atoms with Crippen LogP contribution in [0.5, 0.6) is 11.5 Å². The first-order chi connectivity index (χ1) is 10.6. The minimum Gasteiger partial charge on any atom is -0.493 e. The summed E-state index contributed by atoms with van der Waals surface area (Å²) in [6.07, 6.45) is 0.759. The predicted octanol–water partition coefficient (Wildman–Crippen LogP) is 0.270. The predicted molar refractivity (Wildman–Crippen MR) is 79.0 cm³/mol. The van der Waals surface area contributed by atoms with Gasteiger partial charge >= 0.3 is 6.03 Å². The Balaban J connectivity index is 1.78. The van der Waals surface area contributed by atoms with Crippen LogP contribution in [0.15, 0.2) is 12.1 Å². The molecule has 2 heterocycles. The molecule has 2 N–H and O–H groups in total. The van der Waals surface area contributed by atoms with E-state index in [1.807, 2.05) is 12.1 Å². The van der Waals surface area contributed by atoms with E-state index in [1.54, 1.807) is 19.1 Å². The van der Waals surface area contributed by atoms with Gasteiger partial charge in [0.05, 0.1) is 14.2 Å². The summed E-state index contributed by atoms with van der Waals surface area (Å²) in [6.45, 7) is 1.49. The largest absolute Gasteiger partial charge is 0.493 e. The topological polar surface area (TPSA) is 79.9 Å². The first-order valence-electron chi connectivity index (χ1n) is 7.19. The molecule has 7 heteroatoms. The van der Waals surface area contributed by atoms with Gasteiger partial charge in [0.2, 0.25) is 5.91 Å². The van der Waals surface area contributed by atoms with E-state index in [1.165, 1.54) is 0 Å². The standard InChI is InChI=1S/C15H19N3O4/c1-21-12-5-9-3-4-18(8-10(9)6-13(12)22-2)14(19)11-7-16-15(20)17-11/h5-6,11H,3-4,7-8H2,1-2H3,(H2,16,17,20)/t11-/m1/s1. The third-order valence-corrected chi connectivity index (χ3v) is 4.10. The van der Waals surface area contributed by atoms with Crippen molar-refractivity contribution in [1.29, 1.82) is 0 Å². The maximum Gasteiger partial charge on any atom is 0.315 e. The quantitative estimate of drug-likeness (QED) is 0.840. The summed E-state index contributed by atoms with van der Waals surface area (Å²) in [5, 5.41) is 5.24. The molecule has 0 saturated carbocycles. The first-order valence-corrected chi connectivity index (χ1v) is 7.19. The fourth-order valence-corrected chi connectivity index (χ4v) is 2.90. The number of urea groups is 1. The summed E-state index contributed by atoms with van der Waals surface area (Å²) < 4.78 is 10.6. The van der Waals surface area contributed by atoms with Crippen LogP contribution in [-0.4, -0.2) is 50.2 Å². The lowest BCUT2D eigenvalue weighted by molar-refractivity contribution is -0.133. The molecule has 3 rings (SSSR count). The van der Waals surface area contributed by atoms with Gasteiger partial charge in [-0.1, -0.05) is 0 Å². The highest BCUT2D eigenvalue weighted by Crippen LogP contribution is 2.33. The van der Waals surface area contributed by atoms with Gasteiger partial charge in [-0.15, -0.1) is 0 Å². The van der Waals surface area contributed by atoms with Crippen molar-refractivity contribution in [3.05, 3.63) is 23.3 Å². The van der Waals surface area contributed by atoms with E-state index in [0.29, 0.717) is 31.1 Å². The van der Waals surface area contributed by atoms with Crippen molar-refractivity contribution in [2.45, 2.75) is 19.0 Å². The molecule has 0 radical (unpaired) electrons. The van der Waals surface area contributed by atoms with E-state index in [4.69, 9.17) is 9.47 Å². The van der Waals surface area contributed by atoms with Crippen molar-refractivity contribution >= 4 is 11.9 Å². The van der Waals surface area contributed by atoms with Crippen LogP contribution < -0.4 is 20.1 Å². The second kappa shape index (κ2) is 5.75. The molecule has 0 bridgehead atoms. The average Bonchev–Trinajstić information content (AvgIpc) is 2.98. The number of ether oxygens (including phenoxy) is 2. The molecule has 0 aromatic heterocycles. The van der Waals surface area contributed by atoms with Crippen molar-refractivity contribution in [3.63, 3.8) is 0 Å². The number of rotatable bonds is 3. The molecule has 3 amide bonds. The molecular formula is C15H19N3O4. The molecule has 1 saturated heterocycles. The molecular weight excluding hydrogens is 286 g/mol. The number of hydrogen-bond acceptors (Lipinski definition) is 4. The second-order valence-corrected chi connectivity index (χ2v) is 5.39. The van der Waals surface area contributed by atoms with E-state index in [-0.39, 0.29) is 11.9 Å². The third kappa shape index (κ3) is 2.54. The number of fused-ring (bicyclic) bond motifs is 1. The second-order valence-electron chi connectivity index (χ2n) is 5.39. The SMILES string of the molecule is COc1cc2c(cc1OC)CN(C(=O)[C@H]1CNC(=O)N1)CC2. The Morgan fingerprint density at radius 2 is 1.91 bits per heavy atom. The van der Waals surface area contributed by atoms with Crippen LogP contribution in [0.1, 0.15) is 11.1 Å². The molecule has 0 unspecified atom stereocenters. The van der Waals surface area contributed by atoms with Crippen molar-refractivity contribution in [1.82, 2.24) is 15.5 Å². The number of nitrogens with zero attached hydrogens (tertiary/aromatic N) is 1. The van der Waals surface area contributed by atoms with Gasteiger partial charge in [0.15, 0.2) is 11.5 Å². The molecule has 7 nitrogen and oxygen atoms in total. The van der Waals surface area contributed by atoms with Crippen molar-refractivity contribution in [2.24, 2.45) is 0 Å². The minimum absolute atomic E-state index is 0.0567. The Labute approximate surface area is 128 Å². The number of hydrogen-bond donors (Lipinski definition) is 2. The fraction of sp³-hybridized carbons (Fsp3) is 0.467. The lowest BCUT2D eigenvalue weighted by Crippen LogP contribution is -2.47. The van der Waals surface area contributed by atoms with Crippen LogP contribution in [0.4, 0.5) is 4.79 Å². The number of nitrogens with one attached hydrogen (secondary N) is 2. The summed E-state index contributed by atoms with van der Waals surface area (Å²) in [6, 6.07) is 3.12. The number of carbonyl (C=O) groups excluding carboxylic acids is 2. The van der Waals surface area contributed by atoms with E-state index in [0.717, 1.165) is 17.5 Å². The number of benzene rings is 1. The van der Waals surface area contributed by atoms with E-state index in [2.05, 4.69) is 10.6 Å². The summed E-state index contributed by atoms with van der Waals surface area (Å²) in [5.74, 6) is 1.30. The zero-order valence-electron chi connectivity index (χ0n) is 12.6. The molecule has 1 atom stereocenters. The molecule has 1 aromatic rings. The highest BCUT2D eigenvalue weighted by Gasteiger charge is 2.32. The Morgan fingerprint density at radius 1 is 1.23 bits per heavy atom. The summed E-state index contributed by atoms with van der Waals surface area (Å²) in [5.41, 5.74) is 2.21. The lowest BCUT2D eigenvalue weighted by Gasteiger charge is -2.31. The van der Waals surface area contributed by atoms with Crippen molar-refractivity contribution < 1.29 is 19.1 Å². The van der Waals surface area contributed by atoms with Gasteiger partial charge in [0.1, 0.15) is 6.04 Å². The summed E-state index contributed by atoms with van der Waals surface area (Å²) in [7, 11) is 3.20. The molecule has 2 aliphatic rings. The van der Waals surface area contributed by atoms with E-state index >= 15 is 0 Å². The first kappa shape index (κ1) is 14.5. The highest BCUT2D eigenvalue weighted by atomic mass is 16.5. The van der Waals surface area contributed by atoms with Crippen LogP contribution in [0.25, 0.3) is 0 Å². The molecule has 1 aromatic carbocycles. The maximum absolute atomic E-state index is 12.4. The van der Waals surface area contributed by atoms with E-state index in [9.17, 15) is 9.59 Å². The van der Waals surface area contributed by atoms with Gasteiger partial charge in [-0.25, -0.2) is 4.79 Å². The number of amides is 3. The zero-order chi connectivity index (χ0) is 15.7. The Morgan fingerprint density at radius 3 is 2.50 bits per heavy atom. The average molecular weight is 305 g/mol. The van der Waals surface area contributed by atoms with Gasteiger partial charge in [-0.2, -0.15) is 0 Å². The number of carbonyl (C=O) groups is 2. The lowest BCUT2D eigenvalue weighted by atomic mass is 9.98. The summed E-state index contributed by atoms with van der Waals surface area (Å²) in [4.78, 5) is 25.4. The van der Waals surface area contributed by atoms with Gasteiger partial charge in [-0.05, 0) is 29.7 Å². The van der Waals surface area contributed by atoms with Gasteiger partial charge in [0, 0.05) is 19.6 Å². The third-order valence-electron chi connectivity index (χ3n) is 4.10. The molecule has 0 aliphatic carbocycles. The van der Waals surface area contributed by atoms with Gasteiger partial charge in [0.25, 0.3) is 0 Å². The Hall–Kier alpha value is -2.44. The smallest absolute Gasteiger partial charge is 0.315 e. The maximum atomic E-state index is 12.4. The summed E-state index contributed by atoms with van der Waals surface area (Å²) >= 11 is 0. The monoisotopic (exact) mass is 305 g/mol. The molecule has 22 heavy (non-hydrogen) atoms. The minimum atomic E-state index is -0.478. The van der Waals surface area contributed by atoms with E-state index < -0.39 is 6.04 Å². The zero-order valence-corrected chi connectivity index (χ0v) is 12.6. The van der Waals surface area contributed by atoms with Crippen molar-refractivity contribution in [3.8, 4) is 11.5 Å². The van der Waals surface area contributed by atoms with Crippen LogP contribution in [0.3, 0.4) is 0 Å². The van der Waals surface area contributed by atoms with Gasteiger partial charge < -0.3 is 25.0 Å². The Bertz CT molecular complexity index is 617. The Kier molecular flexibility index (Phi) is 3.79. The molecule has 2 aliphatic heterocycles. The van der Waals surface area contributed by atoms with Crippen LogP contribution in [-0.2, 0) is 17.8 Å². The number of methoxy groups -OCH3 is 2. The van der Waals surface area contributed by atoms with Crippen LogP contribution in [0, 0.1) is 0 Å². The highest BCUT2D eigenvalue weighted by molar-refractivity contribution is 5.90. The normalized spacial score (nSPS) is 20.0. The van der Waals surface area contributed by atoms with Crippen LogP contribution in [0.2, 0.25) is 0 Å². The molecule has 1 fully saturated rings. The van der Waals surface area contributed by atoms with Gasteiger partial charge in [-0.3, -0.25) is 4.79 Å². The van der Waals surface area contributed by atoms with Crippen molar-refractivity contribution in [2.75, 3.05) is 27.3 Å². The van der Waals surface area contributed by atoms with Crippen LogP contribution >= 0.6 is 0 Å². The molecule has 0 spiro atoms.